The van der Waals surface area contributed by atoms with Crippen LogP contribution in [0.2, 0.25) is 0 Å². The van der Waals surface area contributed by atoms with E-state index in [2.05, 4.69) is 0 Å². The number of anilines is 1. The van der Waals surface area contributed by atoms with E-state index in [4.69, 9.17) is 4.74 Å². The Hall–Kier alpha value is -2.62. The number of imide groups is 1. The fourth-order valence-electron chi connectivity index (χ4n) is 5.10. The van der Waals surface area contributed by atoms with Crippen molar-refractivity contribution in [1.29, 1.82) is 0 Å². The summed E-state index contributed by atoms with van der Waals surface area (Å²) in [7, 11) is 0. The summed E-state index contributed by atoms with van der Waals surface area (Å²) in [4.78, 5) is 27.1. The predicted octanol–water partition coefficient (Wildman–Crippen LogP) is 3.80. The second-order valence-electron chi connectivity index (χ2n) is 7.66. The van der Waals surface area contributed by atoms with E-state index < -0.39 is 0 Å². The van der Waals surface area contributed by atoms with Crippen molar-refractivity contribution in [3.63, 3.8) is 0 Å². The van der Waals surface area contributed by atoms with Gasteiger partial charge in [0.1, 0.15) is 12.4 Å². The van der Waals surface area contributed by atoms with Crippen LogP contribution >= 0.6 is 0 Å². The van der Waals surface area contributed by atoms with Gasteiger partial charge < -0.3 is 4.74 Å². The van der Waals surface area contributed by atoms with Crippen LogP contribution in [0.1, 0.15) is 24.8 Å². The number of hydrogen-bond acceptors (Lipinski definition) is 3. The number of carbonyl (C=O) groups is 2. The lowest BCUT2D eigenvalue weighted by atomic mass is 9.81. The first kappa shape index (κ1) is 15.6. The Balaban J connectivity index is 1.32. The van der Waals surface area contributed by atoms with E-state index in [1.54, 1.807) is 0 Å². The van der Waals surface area contributed by atoms with Crippen LogP contribution in [-0.4, -0.2) is 11.8 Å². The molecule has 4 nitrogen and oxygen atoms in total. The first-order chi connectivity index (χ1) is 12.7. The van der Waals surface area contributed by atoms with Crippen LogP contribution in [0.5, 0.6) is 5.75 Å². The maximum Gasteiger partial charge on any atom is 0.237 e. The number of nitrogens with zero attached hydrogens (tertiary/aromatic N) is 1. The minimum absolute atomic E-state index is 0.00477. The molecule has 3 aliphatic rings. The molecule has 0 unspecified atom stereocenters. The molecule has 2 saturated carbocycles. The summed E-state index contributed by atoms with van der Waals surface area (Å²) >= 11 is 0. The van der Waals surface area contributed by atoms with Crippen LogP contribution in [0.3, 0.4) is 0 Å². The second-order valence-corrected chi connectivity index (χ2v) is 7.66. The third-order valence-electron chi connectivity index (χ3n) is 6.27. The molecule has 0 spiro atoms. The molecule has 0 radical (unpaired) electrons. The SMILES string of the molecule is O=C1[C@@H]2[C@H]3CC[C@@H](C3)[C@@H]2C(=O)N1c1ccc(OCc2ccccc2)cc1. The van der Waals surface area contributed by atoms with Gasteiger partial charge in [-0.2, -0.15) is 0 Å². The van der Waals surface area contributed by atoms with Gasteiger partial charge in [-0.05, 0) is 60.9 Å². The Morgan fingerprint density at radius 1 is 0.846 bits per heavy atom. The molecule has 3 fully saturated rings. The molecule has 5 rings (SSSR count). The minimum Gasteiger partial charge on any atom is -0.489 e. The van der Waals surface area contributed by atoms with Gasteiger partial charge in [-0.25, -0.2) is 0 Å². The summed E-state index contributed by atoms with van der Waals surface area (Å²) in [5, 5.41) is 0. The molecule has 1 aliphatic heterocycles. The van der Waals surface area contributed by atoms with E-state index in [0.717, 1.165) is 30.6 Å². The van der Waals surface area contributed by atoms with Crippen molar-refractivity contribution in [2.75, 3.05) is 4.90 Å². The van der Waals surface area contributed by atoms with Crippen LogP contribution in [0.25, 0.3) is 0 Å². The lowest BCUT2D eigenvalue weighted by Gasteiger charge is -2.19. The van der Waals surface area contributed by atoms with E-state index >= 15 is 0 Å². The third kappa shape index (κ3) is 2.36. The zero-order valence-corrected chi connectivity index (χ0v) is 14.5. The number of amides is 2. The fourth-order valence-corrected chi connectivity index (χ4v) is 5.10. The van der Waals surface area contributed by atoms with E-state index in [9.17, 15) is 9.59 Å². The van der Waals surface area contributed by atoms with Crippen molar-refractivity contribution in [3.05, 3.63) is 60.2 Å². The molecule has 0 aromatic heterocycles. The zero-order chi connectivity index (χ0) is 17.7. The molecule has 2 aromatic carbocycles. The van der Waals surface area contributed by atoms with Gasteiger partial charge in [-0.3, -0.25) is 14.5 Å². The number of ether oxygens (including phenoxy) is 1. The molecule has 2 aliphatic carbocycles. The molecule has 2 aromatic rings. The Morgan fingerprint density at radius 3 is 2.08 bits per heavy atom. The molecule has 2 bridgehead atoms. The molecular formula is C22H21NO3. The maximum atomic E-state index is 12.9. The lowest BCUT2D eigenvalue weighted by Crippen LogP contribution is -2.32. The zero-order valence-electron chi connectivity index (χ0n) is 14.5. The van der Waals surface area contributed by atoms with Crippen molar-refractivity contribution in [2.24, 2.45) is 23.7 Å². The van der Waals surface area contributed by atoms with Crippen molar-refractivity contribution in [3.8, 4) is 5.75 Å². The quantitative estimate of drug-likeness (QED) is 0.790. The lowest BCUT2D eigenvalue weighted by molar-refractivity contribution is -0.123. The summed E-state index contributed by atoms with van der Waals surface area (Å²) < 4.78 is 5.79. The molecular weight excluding hydrogens is 326 g/mol. The maximum absolute atomic E-state index is 12.9. The van der Waals surface area contributed by atoms with Gasteiger partial charge in [0.15, 0.2) is 0 Å². The van der Waals surface area contributed by atoms with Crippen molar-refractivity contribution in [2.45, 2.75) is 25.9 Å². The van der Waals surface area contributed by atoms with Crippen LogP contribution in [-0.2, 0) is 16.2 Å². The van der Waals surface area contributed by atoms with E-state index in [1.165, 1.54) is 4.90 Å². The summed E-state index contributed by atoms with van der Waals surface area (Å²) in [6.07, 6.45) is 3.27. The molecule has 1 saturated heterocycles. The van der Waals surface area contributed by atoms with Crippen molar-refractivity contribution in [1.82, 2.24) is 0 Å². The van der Waals surface area contributed by atoms with Gasteiger partial charge in [-0.15, -0.1) is 0 Å². The highest BCUT2D eigenvalue weighted by atomic mass is 16.5. The van der Waals surface area contributed by atoms with Gasteiger partial charge in [-0.1, -0.05) is 30.3 Å². The Morgan fingerprint density at radius 2 is 1.46 bits per heavy atom. The minimum atomic E-state index is -0.0738. The fraction of sp³-hybridized carbons (Fsp3) is 0.364. The molecule has 1 heterocycles. The average molecular weight is 347 g/mol. The van der Waals surface area contributed by atoms with Gasteiger partial charge in [0.05, 0.1) is 17.5 Å². The van der Waals surface area contributed by atoms with E-state index in [1.807, 2.05) is 54.6 Å². The molecule has 0 N–H and O–H groups in total. The number of rotatable bonds is 4. The first-order valence-corrected chi connectivity index (χ1v) is 9.37. The summed E-state index contributed by atoms with van der Waals surface area (Å²) in [6, 6.07) is 17.3. The van der Waals surface area contributed by atoms with E-state index in [0.29, 0.717) is 24.1 Å². The summed E-state index contributed by atoms with van der Waals surface area (Å²) in [6.45, 7) is 0.495. The van der Waals surface area contributed by atoms with Gasteiger partial charge in [0, 0.05) is 0 Å². The number of benzene rings is 2. The molecule has 4 atom stereocenters. The number of carbonyl (C=O) groups excluding carboxylic acids is 2. The smallest absolute Gasteiger partial charge is 0.237 e. The van der Waals surface area contributed by atoms with E-state index in [-0.39, 0.29) is 23.7 Å². The van der Waals surface area contributed by atoms with Crippen LogP contribution in [0, 0.1) is 23.7 Å². The largest absolute Gasteiger partial charge is 0.489 e. The third-order valence-corrected chi connectivity index (χ3v) is 6.27. The molecule has 26 heavy (non-hydrogen) atoms. The van der Waals surface area contributed by atoms with Crippen molar-refractivity contribution >= 4 is 17.5 Å². The topological polar surface area (TPSA) is 46.6 Å². The normalized spacial score (nSPS) is 29.3. The standard InChI is InChI=1S/C22H21NO3/c24-21-19-15-6-7-16(12-15)20(19)22(25)23(21)17-8-10-18(11-9-17)26-13-14-4-2-1-3-5-14/h1-5,8-11,15-16,19-20H,6-7,12-13H2/t15-,16-,19-,20+/m0/s1. The summed E-state index contributed by atoms with van der Waals surface area (Å²) in [5.41, 5.74) is 1.77. The average Bonchev–Trinajstić information content (AvgIpc) is 3.35. The van der Waals surface area contributed by atoms with Gasteiger partial charge >= 0.3 is 0 Å². The van der Waals surface area contributed by atoms with Crippen LogP contribution in [0.15, 0.2) is 54.6 Å². The monoisotopic (exact) mass is 347 g/mol. The first-order valence-electron chi connectivity index (χ1n) is 9.37. The van der Waals surface area contributed by atoms with Crippen LogP contribution in [0.4, 0.5) is 5.69 Å². The Bertz CT molecular complexity index is 817. The second kappa shape index (κ2) is 5.97. The highest BCUT2D eigenvalue weighted by molar-refractivity contribution is 6.22. The molecule has 4 heteroatoms. The number of hydrogen-bond donors (Lipinski definition) is 0. The van der Waals surface area contributed by atoms with Crippen molar-refractivity contribution < 1.29 is 14.3 Å². The predicted molar refractivity (Wildman–Crippen MR) is 97.5 cm³/mol. The number of fused-ring (bicyclic) bond motifs is 5. The van der Waals surface area contributed by atoms with Gasteiger partial charge in [0.25, 0.3) is 0 Å². The Labute approximate surface area is 152 Å². The highest BCUT2D eigenvalue weighted by Gasteiger charge is 2.61. The van der Waals surface area contributed by atoms with Gasteiger partial charge in [0.2, 0.25) is 11.8 Å². The summed E-state index contributed by atoms with van der Waals surface area (Å²) in [5.74, 6) is 1.43. The highest BCUT2D eigenvalue weighted by Crippen LogP contribution is 2.56. The molecule has 2 amide bonds. The van der Waals surface area contributed by atoms with Crippen LogP contribution < -0.4 is 9.64 Å². The molecule has 132 valence electrons. The Kier molecular flexibility index (Phi) is 3.59.